The molecule has 1 N–H and O–H groups in total. The molecule has 0 unspecified atom stereocenters. The molecule has 0 aliphatic heterocycles. The maximum atomic E-state index is 8.60. The predicted molar refractivity (Wildman–Crippen MR) is 71.5 cm³/mol. The van der Waals surface area contributed by atoms with Crippen molar-refractivity contribution < 1.29 is 4.74 Å². The summed E-state index contributed by atoms with van der Waals surface area (Å²) in [6, 6.07) is 15.6. The van der Waals surface area contributed by atoms with E-state index in [0.29, 0.717) is 5.75 Å². The van der Waals surface area contributed by atoms with Crippen LogP contribution in [-0.2, 0) is 6.54 Å². The highest BCUT2D eigenvalue weighted by Crippen LogP contribution is 2.26. The minimum Gasteiger partial charge on any atom is -0.496 e. The minimum absolute atomic E-state index is 0.231. The molecular formula is C14H14N3O+. The molecule has 18 heavy (non-hydrogen) atoms. The molecule has 0 spiro atoms. The van der Waals surface area contributed by atoms with Crippen LogP contribution in [0.15, 0.2) is 48.5 Å². The smallest absolute Gasteiger partial charge is 0.334 e. The van der Waals surface area contributed by atoms with E-state index in [0.717, 1.165) is 16.9 Å². The zero-order chi connectivity index (χ0) is 12.8. The van der Waals surface area contributed by atoms with E-state index in [1.807, 2.05) is 48.5 Å². The highest BCUT2D eigenvalue weighted by Gasteiger charge is 2.09. The molecule has 0 aromatic heterocycles. The summed E-state index contributed by atoms with van der Waals surface area (Å²) in [6.07, 6.45) is 0. The zero-order valence-corrected chi connectivity index (χ0v) is 10.1. The number of rotatable bonds is 4. The Kier molecular flexibility index (Phi) is 3.77. The Morgan fingerprint density at radius 2 is 1.89 bits per heavy atom. The van der Waals surface area contributed by atoms with E-state index in [1.165, 1.54) is 0 Å². The van der Waals surface area contributed by atoms with Gasteiger partial charge in [0, 0.05) is 17.4 Å². The maximum Gasteiger partial charge on any atom is 0.334 e. The van der Waals surface area contributed by atoms with Crippen molar-refractivity contribution in [2.75, 3.05) is 12.4 Å². The molecule has 4 nitrogen and oxygen atoms in total. The van der Waals surface area contributed by atoms with Gasteiger partial charge in [0.25, 0.3) is 0 Å². The van der Waals surface area contributed by atoms with Gasteiger partial charge in [-0.25, -0.2) is 0 Å². The van der Waals surface area contributed by atoms with Crippen LogP contribution in [0.4, 0.5) is 11.4 Å². The molecular weight excluding hydrogens is 226 g/mol. The summed E-state index contributed by atoms with van der Waals surface area (Å²) < 4.78 is 5.27. The minimum atomic E-state index is 0.231. The fourth-order valence-electron chi connectivity index (χ4n) is 1.72. The molecule has 0 atom stereocenters. The fraction of sp³-hybridized carbons (Fsp3) is 0.143. The number of para-hydroxylation sites is 1. The van der Waals surface area contributed by atoms with E-state index in [1.54, 1.807) is 7.11 Å². The summed E-state index contributed by atoms with van der Waals surface area (Å²) >= 11 is 0. The van der Waals surface area contributed by atoms with Gasteiger partial charge >= 0.3 is 6.54 Å². The number of nitrogens with one attached hydrogen (secondary N) is 1. The molecule has 0 radical (unpaired) electrons. The van der Waals surface area contributed by atoms with Crippen LogP contribution in [0.5, 0.6) is 5.75 Å². The summed E-state index contributed by atoms with van der Waals surface area (Å²) in [5.74, 6) is 0.703. The molecule has 0 aliphatic carbocycles. The highest BCUT2D eigenvalue weighted by molar-refractivity contribution is 5.62. The third-order valence-electron chi connectivity index (χ3n) is 2.59. The van der Waals surface area contributed by atoms with Crippen LogP contribution in [0, 0.1) is 5.39 Å². The Morgan fingerprint density at radius 3 is 2.56 bits per heavy atom. The maximum absolute atomic E-state index is 8.60. The summed E-state index contributed by atoms with van der Waals surface area (Å²) in [5.41, 5.74) is 2.79. The van der Waals surface area contributed by atoms with Gasteiger partial charge < -0.3 is 10.1 Å². The van der Waals surface area contributed by atoms with E-state index >= 15 is 0 Å². The lowest BCUT2D eigenvalue weighted by atomic mass is 10.1. The summed E-state index contributed by atoms with van der Waals surface area (Å²) in [7, 11) is 1.60. The number of hydrogen-bond donors (Lipinski definition) is 1. The number of benzene rings is 2. The second-order valence-corrected chi connectivity index (χ2v) is 3.82. The van der Waals surface area contributed by atoms with Crippen molar-refractivity contribution in [3.8, 4) is 5.75 Å². The predicted octanol–water partition coefficient (Wildman–Crippen LogP) is 3.79. The molecule has 0 heterocycles. The van der Waals surface area contributed by atoms with Crippen LogP contribution in [0.3, 0.4) is 0 Å². The molecule has 0 fully saturated rings. The van der Waals surface area contributed by atoms with Crippen molar-refractivity contribution in [3.05, 3.63) is 59.1 Å². The van der Waals surface area contributed by atoms with Crippen LogP contribution in [-0.4, -0.2) is 7.11 Å². The van der Waals surface area contributed by atoms with Gasteiger partial charge in [0.05, 0.1) is 12.7 Å². The molecule has 90 valence electrons. The van der Waals surface area contributed by atoms with Crippen molar-refractivity contribution in [1.82, 2.24) is 0 Å². The first-order valence-electron chi connectivity index (χ1n) is 5.63. The Hall–Kier alpha value is -2.54. The molecule has 0 amide bonds. The van der Waals surface area contributed by atoms with Crippen molar-refractivity contribution >= 4 is 11.4 Å². The number of diazo groups is 1. The number of hydrogen-bond acceptors (Lipinski definition) is 3. The SMILES string of the molecule is COc1cc(Nc2ccccc2)ccc1C[N+]#N. The standard InChI is InChI=1S/C14H14N3O/c1-18-14-9-13(8-7-11(14)10-16-15)17-12-5-3-2-4-6-12/h2-9,17H,10H2,1H3/q+1. The first-order valence-corrected chi connectivity index (χ1v) is 5.63. The monoisotopic (exact) mass is 240 g/mol. The Balaban J connectivity index is 2.23. The number of anilines is 2. The lowest BCUT2D eigenvalue weighted by Crippen LogP contribution is -1.94. The Bertz CT molecular complexity index is 561. The summed E-state index contributed by atoms with van der Waals surface area (Å²) in [6.45, 7) is 0.231. The summed E-state index contributed by atoms with van der Waals surface area (Å²) in [4.78, 5) is 3.13. The van der Waals surface area contributed by atoms with Gasteiger partial charge in [0.2, 0.25) is 5.39 Å². The normalized spacial score (nSPS) is 9.56. The summed E-state index contributed by atoms with van der Waals surface area (Å²) in [5, 5.41) is 11.9. The molecule has 0 saturated carbocycles. The third-order valence-corrected chi connectivity index (χ3v) is 2.59. The number of ether oxygens (including phenoxy) is 1. The van der Waals surface area contributed by atoms with Gasteiger partial charge in [-0.15, -0.1) is 0 Å². The fourth-order valence-corrected chi connectivity index (χ4v) is 1.72. The van der Waals surface area contributed by atoms with Gasteiger partial charge in [-0.05, 0) is 24.3 Å². The average molecular weight is 240 g/mol. The first kappa shape index (κ1) is 11.9. The number of nitrogens with zero attached hydrogens (tertiary/aromatic N) is 2. The van der Waals surface area contributed by atoms with Gasteiger partial charge in [0.15, 0.2) is 0 Å². The molecule has 0 saturated heterocycles. The van der Waals surface area contributed by atoms with Gasteiger partial charge in [-0.1, -0.05) is 18.2 Å². The van der Waals surface area contributed by atoms with Gasteiger partial charge in [0.1, 0.15) is 10.7 Å². The zero-order valence-electron chi connectivity index (χ0n) is 10.1. The van der Waals surface area contributed by atoms with Crippen LogP contribution in [0.1, 0.15) is 5.56 Å². The van der Waals surface area contributed by atoms with E-state index in [-0.39, 0.29) is 6.54 Å². The van der Waals surface area contributed by atoms with Crippen LogP contribution < -0.4 is 10.1 Å². The molecule has 4 heteroatoms. The van der Waals surface area contributed by atoms with Crippen molar-refractivity contribution in [2.24, 2.45) is 0 Å². The van der Waals surface area contributed by atoms with Crippen molar-refractivity contribution in [3.63, 3.8) is 0 Å². The largest absolute Gasteiger partial charge is 0.496 e. The molecule has 0 bridgehead atoms. The molecule has 2 rings (SSSR count). The lowest BCUT2D eigenvalue weighted by Gasteiger charge is -2.09. The topological polar surface area (TPSA) is 49.4 Å². The van der Waals surface area contributed by atoms with Crippen molar-refractivity contribution in [2.45, 2.75) is 6.54 Å². The average Bonchev–Trinajstić information content (AvgIpc) is 2.42. The van der Waals surface area contributed by atoms with Crippen LogP contribution >= 0.6 is 0 Å². The van der Waals surface area contributed by atoms with E-state index < -0.39 is 0 Å². The Morgan fingerprint density at radius 1 is 1.11 bits per heavy atom. The highest BCUT2D eigenvalue weighted by atomic mass is 16.5. The molecule has 0 aliphatic rings. The first-order chi connectivity index (χ1) is 8.83. The quantitative estimate of drug-likeness (QED) is 0.827. The second kappa shape index (κ2) is 5.69. The van der Waals surface area contributed by atoms with E-state index in [9.17, 15) is 0 Å². The van der Waals surface area contributed by atoms with Crippen LogP contribution in [0.2, 0.25) is 0 Å². The second-order valence-electron chi connectivity index (χ2n) is 3.82. The molecule has 2 aromatic carbocycles. The van der Waals surface area contributed by atoms with Crippen molar-refractivity contribution in [1.29, 1.82) is 5.39 Å². The number of methoxy groups -OCH3 is 1. The third kappa shape index (κ3) is 2.77. The Labute approximate surface area is 106 Å². The van der Waals surface area contributed by atoms with Crippen LogP contribution in [0.25, 0.3) is 4.98 Å². The van der Waals surface area contributed by atoms with Gasteiger partial charge in [-0.2, -0.15) is 0 Å². The lowest BCUT2D eigenvalue weighted by molar-refractivity contribution is 0.411. The van der Waals surface area contributed by atoms with E-state index in [4.69, 9.17) is 10.1 Å². The van der Waals surface area contributed by atoms with Gasteiger partial charge in [-0.3, -0.25) is 0 Å². The molecule has 2 aromatic rings. The van der Waals surface area contributed by atoms with E-state index in [2.05, 4.69) is 10.3 Å².